The first-order chi connectivity index (χ1) is 11.9. The molecule has 7 heteroatoms. The normalized spacial score (nSPS) is 16.3. The first-order valence-corrected chi connectivity index (χ1v) is 10.2. The van der Waals surface area contributed by atoms with Gasteiger partial charge in [-0.1, -0.05) is 29.8 Å². The van der Waals surface area contributed by atoms with Crippen molar-refractivity contribution in [2.45, 2.75) is 24.0 Å². The number of carbonyl (C=O) groups excluding carboxylic acids is 1. The predicted molar refractivity (Wildman–Crippen MR) is 96.4 cm³/mol. The van der Waals surface area contributed by atoms with Crippen LogP contribution in [0, 0.1) is 6.92 Å². The van der Waals surface area contributed by atoms with Gasteiger partial charge in [-0.05, 0) is 43.5 Å². The van der Waals surface area contributed by atoms with Crippen molar-refractivity contribution in [1.82, 2.24) is 4.31 Å². The fraction of sp³-hybridized carbons (Fsp3) is 0.278. The van der Waals surface area contributed by atoms with Crippen LogP contribution in [0.15, 0.2) is 40.6 Å². The summed E-state index contributed by atoms with van der Waals surface area (Å²) in [6, 6.07) is 10.4. The lowest BCUT2D eigenvalue weighted by Crippen LogP contribution is -2.27. The van der Waals surface area contributed by atoms with E-state index in [9.17, 15) is 18.3 Å². The third kappa shape index (κ3) is 3.84. The summed E-state index contributed by atoms with van der Waals surface area (Å²) in [6.45, 7) is 2.95. The van der Waals surface area contributed by atoms with Gasteiger partial charge in [-0.25, -0.2) is 8.42 Å². The number of hydrogen-bond donors (Lipinski definition) is 0. The zero-order valence-electron chi connectivity index (χ0n) is 13.8. The number of nitrogens with zero attached hydrogens (tertiary/aromatic N) is 1. The first kappa shape index (κ1) is 17.8. The van der Waals surface area contributed by atoms with Crippen LogP contribution in [0.2, 0.25) is 0 Å². The second-order valence-corrected chi connectivity index (χ2v) is 9.24. The highest BCUT2D eigenvalue weighted by atomic mass is 32.2. The molecule has 25 heavy (non-hydrogen) atoms. The van der Waals surface area contributed by atoms with Gasteiger partial charge >= 0.3 is 0 Å². The number of carboxylic acid groups (broad SMARTS) is 1. The van der Waals surface area contributed by atoms with Crippen LogP contribution in [0.1, 0.15) is 28.8 Å². The van der Waals surface area contributed by atoms with Crippen molar-refractivity contribution in [2.75, 3.05) is 13.1 Å². The number of benzene rings is 1. The van der Waals surface area contributed by atoms with Crippen LogP contribution < -0.4 is 5.11 Å². The Hall–Kier alpha value is -1.96. The Morgan fingerprint density at radius 2 is 1.92 bits per heavy atom. The highest BCUT2D eigenvalue weighted by Gasteiger charge is 2.28. The summed E-state index contributed by atoms with van der Waals surface area (Å²) in [4.78, 5) is 11.9. The molecule has 0 N–H and O–H groups in total. The SMILES string of the molecule is Cc1cccc(/C=C(\C(=O)[O-])c2ccc(S(=O)(=O)N3CCCC3)s2)c1. The number of aliphatic carboxylic acids is 1. The van der Waals surface area contributed by atoms with Crippen LogP contribution in [0.3, 0.4) is 0 Å². The fourth-order valence-electron chi connectivity index (χ4n) is 2.82. The Bertz CT molecular complexity index is 922. The van der Waals surface area contributed by atoms with E-state index in [2.05, 4.69) is 0 Å². The van der Waals surface area contributed by atoms with Gasteiger partial charge in [0.2, 0.25) is 0 Å². The number of rotatable bonds is 5. The summed E-state index contributed by atoms with van der Waals surface area (Å²) in [5.41, 5.74) is 1.73. The minimum Gasteiger partial charge on any atom is -0.545 e. The van der Waals surface area contributed by atoms with Crippen molar-refractivity contribution in [3.63, 3.8) is 0 Å². The van der Waals surface area contributed by atoms with Crippen LogP contribution in [0.25, 0.3) is 11.6 Å². The Labute approximate surface area is 151 Å². The van der Waals surface area contributed by atoms with E-state index in [4.69, 9.17) is 0 Å². The highest BCUT2D eigenvalue weighted by Crippen LogP contribution is 2.31. The van der Waals surface area contributed by atoms with E-state index < -0.39 is 16.0 Å². The molecular formula is C18H18NO4S2-. The number of aryl methyl sites for hydroxylation is 1. The molecule has 3 rings (SSSR count). The molecule has 2 heterocycles. The zero-order valence-corrected chi connectivity index (χ0v) is 15.4. The molecule has 1 aliphatic heterocycles. The lowest BCUT2D eigenvalue weighted by Gasteiger charge is -2.13. The second kappa shape index (κ2) is 7.11. The van der Waals surface area contributed by atoms with Crippen molar-refractivity contribution in [3.05, 3.63) is 52.4 Å². The van der Waals surface area contributed by atoms with E-state index in [1.54, 1.807) is 6.07 Å². The van der Waals surface area contributed by atoms with Gasteiger partial charge < -0.3 is 9.90 Å². The largest absolute Gasteiger partial charge is 0.545 e. The number of sulfonamides is 1. The molecule has 0 atom stereocenters. The molecule has 0 amide bonds. The van der Waals surface area contributed by atoms with Crippen molar-refractivity contribution < 1.29 is 18.3 Å². The Balaban J connectivity index is 1.97. The lowest BCUT2D eigenvalue weighted by molar-refractivity contribution is -0.295. The molecule has 1 aliphatic rings. The lowest BCUT2D eigenvalue weighted by atomic mass is 10.1. The molecule has 0 unspecified atom stereocenters. The molecule has 1 saturated heterocycles. The van der Waals surface area contributed by atoms with E-state index in [1.165, 1.54) is 22.5 Å². The number of hydrogen-bond acceptors (Lipinski definition) is 5. The topological polar surface area (TPSA) is 77.5 Å². The Morgan fingerprint density at radius 1 is 1.20 bits per heavy atom. The van der Waals surface area contributed by atoms with Crippen LogP contribution in [0.5, 0.6) is 0 Å². The van der Waals surface area contributed by atoms with Crippen LogP contribution >= 0.6 is 11.3 Å². The molecule has 1 fully saturated rings. The number of thiophene rings is 1. The van der Waals surface area contributed by atoms with E-state index in [0.717, 1.165) is 35.3 Å². The zero-order chi connectivity index (χ0) is 18.0. The number of carbonyl (C=O) groups is 1. The van der Waals surface area contributed by atoms with Gasteiger partial charge in [-0.2, -0.15) is 4.31 Å². The molecule has 0 radical (unpaired) electrons. The maximum atomic E-state index is 12.6. The van der Waals surface area contributed by atoms with Gasteiger partial charge in [-0.15, -0.1) is 11.3 Å². The Kier molecular flexibility index (Phi) is 5.08. The van der Waals surface area contributed by atoms with Gasteiger partial charge in [-0.3, -0.25) is 0 Å². The fourth-order valence-corrected chi connectivity index (χ4v) is 5.80. The molecule has 0 aliphatic carbocycles. The molecule has 1 aromatic carbocycles. The smallest absolute Gasteiger partial charge is 0.252 e. The van der Waals surface area contributed by atoms with Gasteiger partial charge in [0.05, 0.1) is 5.97 Å². The van der Waals surface area contributed by atoms with E-state index >= 15 is 0 Å². The van der Waals surface area contributed by atoms with Crippen molar-refractivity contribution in [1.29, 1.82) is 0 Å². The second-order valence-electron chi connectivity index (χ2n) is 5.99. The van der Waals surface area contributed by atoms with E-state index in [1.807, 2.05) is 25.1 Å². The van der Waals surface area contributed by atoms with Crippen LogP contribution in [0.4, 0.5) is 0 Å². The minimum absolute atomic E-state index is 0.0153. The molecule has 132 valence electrons. The molecule has 2 aromatic rings. The monoisotopic (exact) mass is 376 g/mol. The molecule has 1 aromatic heterocycles. The summed E-state index contributed by atoms with van der Waals surface area (Å²) in [5, 5.41) is 11.6. The quantitative estimate of drug-likeness (QED) is 0.749. The Morgan fingerprint density at radius 3 is 2.56 bits per heavy atom. The van der Waals surface area contributed by atoms with Crippen LogP contribution in [-0.4, -0.2) is 31.8 Å². The molecular weight excluding hydrogens is 358 g/mol. The van der Waals surface area contributed by atoms with Gasteiger partial charge in [0.1, 0.15) is 4.21 Å². The maximum Gasteiger partial charge on any atom is 0.252 e. The molecule has 5 nitrogen and oxygen atoms in total. The maximum absolute atomic E-state index is 12.6. The van der Waals surface area contributed by atoms with Crippen molar-refractivity contribution >= 4 is 39.0 Å². The van der Waals surface area contributed by atoms with E-state index in [0.29, 0.717) is 18.0 Å². The van der Waals surface area contributed by atoms with Crippen molar-refractivity contribution in [3.8, 4) is 0 Å². The van der Waals surface area contributed by atoms with Crippen molar-refractivity contribution in [2.24, 2.45) is 0 Å². The van der Waals surface area contributed by atoms with Gasteiger partial charge in [0.15, 0.2) is 0 Å². The van der Waals surface area contributed by atoms with Gasteiger partial charge in [0, 0.05) is 23.5 Å². The third-order valence-corrected chi connectivity index (χ3v) is 7.56. The predicted octanol–water partition coefficient (Wildman–Crippen LogP) is 2.13. The van der Waals surface area contributed by atoms with Gasteiger partial charge in [0.25, 0.3) is 10.0 Å². The average molecular weight is 376 g/mol. The molecule has 0 spiro atoms. The summed E-state index contributed by atoms with van der Waals surface area (Å²) in [7, 11) is -3.55. The molecule has 0 saturated carbocycles. The number of carboxylic acids is 1. The van der Waals surface area contributed by atoms with E-state index in [-0.39, 0.29) is 9.78 Å². The average Bonchev–Trinajstić information content (AvgIpc) is 3.24. The summed E-state index contributed by atoms with van der Waals surface area (Å²) < 4.78 is 26.8. The first-order valence-electron chi connectivity index (χ1n) is 7.98. The molecule has 0 bridgehead atoms. The highest BCUT2D eigenvalue weighted by molar-refractivity contribution is 7.91. The third-order valence-electron chi connectivity index (χ3n) is 4.08. The minimum atomic E-state index is -3.55. The van der Waals surface area contributed by atoms with Crippen LogP contribution in [-0.2, 0) is 14.8 Å². The summed E-state index contributed by atoms with van der Waals surface area (Å²) in [5.74, 6) is -1.33. The standard InChI is InChI=1S/C18H19NO4S2/c1-13-5-4-6-14(11-13)12-15(18(20)21)16-7-8-17(24-16)25(22,23)19-9-2-3-10-19/h4-8,11-12H,2-3,9-10H2,1H3,(H,20,21)/p-1/b15-12-. The summed E-state index contributed by atoms with van der Waals surface area (Å²) >= 11 is 0.968. The summed E-state index contributed by atoms with van der Waals surface area (Å²) in [6.07, 6.45) is 3.23.